The van der Waals surface area contributed by atoms with Gasteiger partial charge in [-0.3, -0.25) is 4.79 Å². The Bertz CT molecular complexity index is 546. The van der Waals surface area contributed by atoms with Crippen molar-refractivity contribution in [3.63, 3.8) is 0 Å². The zero-order chi connectivity index (χ0) is 14.0. The molecule has 1 heterocycles. The standard InChI is InChI=1S/C18H23NOS/c20-17(16-7-14-2-1-3-15(14)21-16)19-18-8-11-4-12(9-18)6-13(5-11)10-18/h7,11-13H,1-6,8-10H2,(H,19,20). The molecule has 1 N–H and O–H groups in total. The predicted octanol–water partition coefficient (Wildman–Crippen LogP) is 3.94. The fourth-order valence-corrected chi connectivity index (χ4v) is 7.16. The van der Waals surface area contributed by atoms with Crippen LogP contribution in [0.3, 0.4) is 0 Å². The highest BCUT2D eigenvalue weighted by Crippen LogP contribution is 2.55. The van der Waals surface area contributed by atoms with E-state index in [1.54, 1.807) is 11.3 Å². The molecule has 1 aromatic rings. The third-order valence-corrected chi connectivity index (χ3v) is 7.62. The molecule has 6 rings (SSSR count). The summed E-state index contributed by atoms with van der Waals surface area (Å²) in [6.45, 7) is 0. The van der Waals surface area contributed by atoms with E-state index in [2.05, 4.69) is 11.4 Å². The van der Waals surface area contributed by atoms with E-state index >= 15 is 0 Å². The number of aryl methyl sites for hydroxylation is 2. The minimum absolute atomic E-state index is 0.153. The van der Waals surface area contributed by atoms with Crippen molar-refractivity contribution in [3.8, 4) is 0 Å². The number of carbonyl (C=O) groups is 1. The smallest absolute Gasteiger partial charge is 0.261 e. The molecule has 3 heteroatoms. The molecule has 1 aromatic heterocycles. The van der Waals surface area contributed by atoms with E-state index < -0.39 is 0 Å². The van der Waals surface area contributed by atoms with Gasteiger partial charge in [-0.15, -0.1) is 11.3 Å². The zero-order valence-corrected chi connectivity index (χ0v) is 13.3. The summed E-state index contributed by atoms with van der Waals surface area (Å²) in [6.07, 6.45) is 11.7. The molecular weight excluding hydrogens is 278 g/mol. The average Bonchev–Trinajstić information content (AvgIpc) is 2.96. The van der Waals surface area contributed by atoms with Crippen molar-refractivity contribution < 1.29 is 4.79 Å². The molecule has 2 nitrogen and oxygen atoms in total. The van der Waals surface area contributed by atoms with E-state index in [0.29, 0.717) is 0 Å². The van der Waals surface area contributed by atoms with Gasteiger partial charge in [0.1, 0.15) is 0 Å². The molecular formula is C18H23NOS. The highest BCUT2D eigenvalue weighted by atomic mass is 32.1. The van der Waals surface area contributed by atoms with Crippen LogP contribution in [0.15, 0.2) is 6.07 Å². The van der Waals surface area contributed by atoms with E-state index in [1.165, 1.54) is 68.2 Å². The summed E-state index contributed by atoms with van der Waals surface area (Å²) >= 11 is 1.75. The van der Waals surface area contributed by atoms with Crippen molar-refractivity contribution in [2.24, 2.45) is 17.8 Å². The monoisotopic (exact) mass is 301 g/mol. The van der Waals surface area contributed by atoms with Gasteiger partial charge in [0.15, 0.2) is 0 Å². The molecule has 0 radical (unpaired) electrons. The molecule has 112 valence electrons. The Morgan fingerprint density at radius 1 is 1.10 bits per heavy atom. The van der Waals surface area contributed by atoms with E-state index in [9.17, 15) is 4.79 Å². The van der Waals surface area contributed by atoms with Crippen molar-refractivity contribution in [2.75, 3.05) is 0 Å². The molecule has 4 saturated carbocycles. The lowest BCUT2D eigenvalue weighted by molar-refractivity contribution is -0.0166. The fraction of sp³-hybridized carbons (Fsp3) is 0.722. The summed E-state index contributed by atoms with van der Waals surface area (Å²) in [7, 11) is 0. The fourth-order valence-electron chi connectivity index (χ4n) is 6.01. The number of amides is 1. The maximum Gasteiger partial charge on any atom is 0.261 e. The molecule has 4 bridgehead atoms. The highest BCUT2D eigenvalue weighted by Gasteiger charge is 2.51. The molecule has 0 unspecified atom stereocenters. The van der Waals surface area contributed by atoms with Crippen molar-refractivity contribution in [1.82, 2.24) is 5.32 Å². The van der Waals surface area contributed by atoms with Crippen LogP contribution in [0, 0.1) is 17.8 Å². The molecule has 21 heavy (non-hydrogen) atoms. The largest absolute Gasteiger partial charge is 0.346 e. The molecule has 5 aliphatic carbocycles. The Balaban J connectivity index is 1.38. The molecule has 0 spiro atoms. The number of fused-ring (bicyclic) bond motifs is 1. The van der Waals surface area contributed by atoms with Crippen molar-refractivity contribution in [2.45, 2.75) is 63.3 Å². The summed E-state index contributed by atoms with van der Waals surface area (Å²) in [4.78, 5) is 15.2. The quantitative estimate of drug-likeness (QED) is 0.881. The van der Waals surface area contributed by atoms with Gasteiger partial charge in [0.2, 0.25) is 0 Å². The van der Waals surface area contributed by atoms with Gasteiger partial charge in [-0.25, -0.2) is 0 Å². The Labute approximate surface area is 130 Å². The van der Waals surface area contributed by atoms with Crippen molar-refractivity contribution in [3.05, 3.63) is 21.4 Å². The maximum atomic E-state index is 12.7. The second kappa shape index (κ2) is 4.34. The first-order valence-corrected chi connectivity index (χ1v) is 9.45. The van der Waals surface area contributed by atoms with Crippen molar-refractivity contribution in [1.29, 1.82) is 0 Å². The molecule has 0 atom stereocenters. The second-order valence-electron chi connectivity index (χ2n) is 8.06. The van der Waals surface area contributed by atoms with Gasteiger partial charge in [-0.1, -0.05) is 0 Å². The van der Waals surface area contributed by atoms with Crippen LogP contribution in [0.2, 0.25) is 0 Å². The van der Waals surface area contributed by atoms with Gasteiger partial charge in [0.25, 0.3) is 5.91 Å². The first-order chi connectivity index (χ1) is 10.2. The molecule has 5 aliphatic rings. The topological polar surface area (TPSA) is 29.1 Å². The third-order valence-electron chi connectivity index (χ3n) is 6.39. The third kappa shape index (κ3) is 2.00. The highest BCUT2D eigenvalue weighted by molar-refractivity contribution is 7.14. The number of rotatable bonds is 2. The van der Waals surface area contributed by atoms with Crippen LogP contribution in [-0.2, 0) is 12.8 Å². The maximum absolute atomic E-state index is 12.7. The molecule has 4 fully saturated rings. The zero-order valence-electron chi connectivity index (χ0n) is 12.5. The number of thiophene rings is 1. The first kappa shape index (κ1) is 12.7. The van der Waals surface area contributed by atoms with E-state index in [4.69, 9.17) is 0 Å². The minimum atomic E-state index is 0.153. The lowest BCUT2D eigenvalue weighted by Crippen LogP contribution is -2.59. The molecule has 0 aromatic carbocycles. The predicted molar refractivity (Wildman–Crippen MR) is 84.7 cm³/mol. The van der Waals surface area contributed by atoms with Crippen LogP contribution in [0.5, 0.6) is 0 Å². The van der Waals surface area contributed by atoms with Crippen molar-refractivity contribution >= 4 is 17.2 Å². The normalized spacial score (nSPS) is 39.5. The lowest BCUT2D eigenvalue weighted by atomic mass is 9.53. The van der Waals surface area contributed by atoms with E-state index in [1.807, 2.05) is 0 Å². The van der Waals surface area contributed by atoms with Crippen LogP contribution in [0.1, 0.15) is 65.1 Å². The first-order valence-electron chi connectivity index (χ1n) is 8.63. The number of nitrogens with one attached hydrogen (secondary N) is 1. The van der Waals surface area contributed by atoms with Crippen LogP contribution in [0.25, 0.3) is 0 Å². The Morgan fingerprint density at radius 2 is 1.76 bits per heavy atom. The van der Waals surface area contributed by atoms with Gasteiger partial charge >= 0.3 is 0 Å². The van der Waals surface area contributed by atoms with Gasteiger partial charge in [0.05, 0.1) is 4.88 Å². The van der Waals surface area contributed by atoms with E-state index in [-0.39, 0.29) is 11.4 Å². The van der Waals surface area contributed by atoms with Gasteiger partial charge in [-0.2, -0.15) is 0 Å². The minimum Gasteiger partial charge on any atom is -0.346 e. The van der Waals surface area contributed by atoms with Crippen LogP contribution < -0.4 is 5.32 Å². The Kier molecular flexibility index (Phi) is 2.62. The Hall–Kier alpha value is -0.830. The summed E-state index contributed by atoms with van der Waals surface area (Å²) in [6, 6.07) is 2.17. The van der Waals surface area contributed by atoms with Gasteiger partial charge < -0.3 is 5.32 Å². The molecule has 0 saturated heterocycles. The van der Waals surface area contributed by atoms with Crippen LogP contribution >= 0.6 is 11.3 Å². The van der Waals surface area contributed by atoms with Crippen LogP contribution in [0.4, 0.5) is 0 Å². The summed E-state index contributed by atoms with van der Waals surface area (Å²) in [5.74, 6) is 2.90. The summed E-state index contributed by atoms with van der Waals surface area (Å²) < 4.78 is 0. The Morgan fingerprint density at radius 3 is 2.38 bits per heavy atom. The average molecular weight is 301 g/mol. The number of hydrogen-bond donors (Lipinski definition) is 1. The number of carbonyl (C=O) groups excluding carboxylic acids is 1. The van der Waals surface area contributed by atoms with Crippen LogP contribution in [-0.4, -0.2) is 11.4 Å². The van der Waals surface area contributed by atoms with E-state index in [0.717, 1.165) is 22.6 Å². The second-order valence-corrected chi connectivity index (χ2v) is 9.20. The summed E-state index contributed by atoms with van der Waals surface area (Å²) in [5, 5.41) is 3.50. The SMILES string of the molecule is O=C(NC12CC3CC(CC(C3)C1)C2)c1cc2c(s1)CCC2. The number of hydrogen-bond acceptors (Lipinski definition) is 2. The molecule has 0 aliphatic heterocycles. The summed E-state index contributed by atoms with van der Waals surface area (Å²) in [5.41, 5.74) is 1.59. The van der Waals surface area contributed by atoms with Gasteiger partial charge in [-0.05, 0) is 87.2 Å². The molecule has 1 amide bonds. The lowest BCUT2D eigenvalue weighted by Gasteiger charge is -2.56. The van der Waals surface area contributed by atoms with Gasteiger partial charge in [0, 0.05) is 10.4 Å².